The summed E-state index contributed by atoms with van der Waals surface area (Å²) in [4.78, 5) is 6.34. The Bertz CT molecular complexity index is 286. The number of aryl methyl sites for hydroxylation is 1. The van der Waals surface area contributed by atoms with Crippen LogP contribution in [0, 0.1) is 6.92 Å². The summed E-state index contributed by atoms with van der Waals surface area (Å²) in [6.45, 7) is 5.00. The number of rotatable bonds is 4. The second-order valence-corrected chi connectivity index (χ2v) is 3.70. The van der Waals surface area contributed by atoms with Crippen molar-refractivity contribution in [1.82, 2.24) is 4.98 Å². The fourth-order valence-electron chi connectivity index (χ4n) is 1.53. The van der Waals surface area contributed by atoms with E-state index in [1.54, 1.807) is 0 Å². The standard InChI is InChI=1S/C11H19N3/c1-9-8-13-7-5-11(9)14(3)10(2)4-6-12/h5,7-8,10H,4,6,12H2,1-3H3. The molecule has 2 N–H and O–H groups in total. The number of nitrogens with zero attached hydrogens (tertiary/aromatic N) is 2. The maximum Gasteiger partial charge on any atom is 0.0426 e. The Kier molecular flexibility index (Phi) is 3.89. The van der Waals surface area contributed by atoms with E-state index in [-0.39, 0.29) is 0 Å². The number of hydrogen-bond acceptors (Lipinski definition) is 3. The van der Waals surface area contributed by atoms with Crippen LogP contribution in [0.25, 0.3) is 0 Å². The Morgan fingerprint density at radius 2 is 2.29 bits per heavy atom. The van der Waals surface area contributed by atoms with Crippen LogP contribution in [0.3, 0.4) is 0 Å². The van der Waals surface area contributed by atoms with Crippen molar-refractivity contribution < 1.29 is 0 Å². The molecule has 0 aliphatic heterocycles. The highest BCUT2D eigenvalue weighted by Gasteiger charge is 2.10. The van der Waals surface area contributed by atoms with Crippen molar-refractivity contribution in [2.75, 3.05) is 18.5 Å². The lowest BCUT2D eigenvalue weighted by atomic mass is 10.1. The Hall–Kier alpha value is -1.09. The molecule has 0 saturated heterocycles. The molecule has 0 aromatic carbocycles. The fourth-order valence-corrected chi connectivity index (χ4v) is 1.53. The molecular weight excluding hydrogens is 174 g/mol. The van der Waals surface area contributed by atoms with Crippen LogP contribution in [0.15, 0.2) is 18.5 Å². The SMILES string of the molecule is Cc1cnccc1N(C)C(C)CCN. The Morgan fingerprint density at radius 3 is 2.86 bits per heavy atom. The Morgan fingerprint density at radius 1 is 1.57 bits per heavy atom. The minimum Gasteiger partial charge on any atom is -0.372 e. The van der Waals surface area contributed by atoms with Crippen molar-refractivity contribution in [2.24, 2.45) is 5.73 Å². The molecule has 0 amide bonds. The second-order valence-electron chi connectivity index (χ2n) is 3.70. The molecule has 3 nitrogen and oxygen atoms in total. The molecular formula is C11H19N3. The summed E-state index contributed by atoms with van der Waals surface area (Å²) in [5, 5.41) is 0. The van der Waals surface area contributed by atoms with Crippen LogP contribution in [0.5, 0.6) is 0 Å². The summed E-state index contributed by atoms with van der Waals surface area (Å²) in [6, 6.07) is 2.52. The molecule has 0 spiro atoms. The number of pyridine rings is 1. The summed E-state index contributed by atoms with van der Waals surface area (Å²) in [6.07, 6.45) is 4.73. The zero-order chi connectivity index (χ0) is 10.6. The first-order valence-electron chi connectivity index (χ1n) is 5.00. The minimum atomic E-state index is 0.473. The van der Waals surface area contributed by atoms with Gasteiger partial charge in [-0.2, -0.15) is 0 Å². The maximum absolute atomic E-state index is 5.54. The van der Waals surface area contributed by atoms with Gasteiger partial charge in [-0.05, 0) is 38.4 Å². The third-order valence-corrected chi connectivity index (χ3v) is 2.62. The molecule has 14 heavy (non-hydrogen) atoms. The fraction of sp³-hybridized carbons (Fsp3) is 0.545. The lowest BCUT2D eigenvalue weighted by Crippen LogP contribution is -2.31. The molecule has 1 heterocycles. The highest BCUT2D eigenvalue weighted by atomic mass is 15.1. The third-order valence-electron chi connectivity index (χ3n) is 2.62. The molecule has 1 aromatic heterocycles. The predicted octanol–water partition coefficient (Wildman–Crippen LogP) is 1.56. The highest BCUT2D eigenvalue weighted by Crippen LogP contribution is 2.19. The molecule has 0 bridgehead atoms. The van der Waals surface area contributed by atoms with Crippen LogP contribution >= 0.6 is 0 Å². The molecule has 0 aliphatic carbocycles. The molecule has 0 saturated carbocycles. The quantitative estimate of drug-likeness (QED) is 0.789. The van der Waals surface area contributed by atoms with Gasteiger partial charge < -0.3 is 10.6 Å². The van der Waals surface area contributed by atoms with Gasteiger partial charge in [0.2, 0.25) is 0 Å². The number of anilines is 1. The van der Waals surface area contributed by atoms with Crippen molar-refractivity contribution in [3.05, 3.63) is 24.0 Å². The van der Waals surface area contributed by atoms with Gasteiger partial charge in [0.05, 0.1) is 0 Å². The molecule has 1 atom stereocenters. The Balaban J connectivity index is 2.78. The first kappa shape index (κ1) is 11.0. The van der Waals surface area contributed by atoms with Crippen molar-refractivity contribution in [2.45, 2.75) is 26.3 Å². The van der Waals surface area contributed by atoms with Gasteiger partial charge in [-0.3, -0.25) is 4.98 Å². The van der Waals surface area contributed by atoms with Gasteiger partial charge in [-0.25, -0.2) is 0 Å². The summed E-state index contributed by atoms with van der Waals surface area (Å²) in [5.41, 5.74) is 7.99. The van der Waals surface area contributed by atoms with E-state index in [1.807, 2.05) is 18.5 Å². The zero-order valence-electron chi connectivity index (χ0n) is 9.20. The average Bonchev–Trinajstić information content (AvgIpc) is 2.18. The van der Waals surface area contributed by atoms with Gasteiger partial charge in [-0.15, -0.1) is 0 Å². The molecule has 78 valence electrons. The van der Waals surface area contributed by atoms with E-state index in [9.17, 15) is 0 Å². The van der Waals surface area contributed by atoms with E-state index in [0.717, 1.165) is 13.0 Å². The summed E-state index contributed by atoms with van der Waals surface area (Å²) in [7, 11) is 2.10. The first-order valence-corrected chi connectivity index (χ1v) is 5.00. The van der Waals surface area contributed by atoms with Crippen LogP contribution < -0.4 is 10.6 Å². The minimum absolute atomic E-state index is 0.473. The van der Waals surface area contributed by atoms with Crippen molar-refractivity contribution in [3.8, 4) is 0 Å². The number of hydrogen-bond donors (Lipinski definition) is 1. The average molecular weight is 193 g/mol. The number of aromatic nitrogens is 1. The molecule has 3 heteroatoms. The van der Waals surface area contributed by atoms with Crippen LogP contribution in [0.2, 0.25) is 0 Å². The smallest absolute Gasteiger partial charge is 0.0426 e. The zero-order valence-corrected chi connectivity index (χ0v) is 9.20. The maximum atomic E-state index is 5.54. The lowest BCUT2D eigenvalue weighted by Gasteiger charge is -2.27. The van der Waals surface area contributed by atoms with E-state index in [4.69, 9.17) is 5.73 Å². The topological polar surface area (TPSA) is 42.2 Å². The summed E-state index contributed by atoms with van der Waals surface area (Å²) >= 11 is 0. The largest absolute Gasteiger partial charge is 0.372 e. The number of nitrogens with two attached hydrogens (primary N) is 1. The van der Waals surface area contributed by atoms with E-state index < -0.39 is 0 Å². The summed E-state index contributed by atoms with van der Waals surface area (Å²) < 4.78 is 0. The second kappa shape index (κ2) is 4.96. The van der Waals surface area contributed by atoms with Crippen LogP contribution in [-0.2, 0) is 0 Å². The monoisotopic (exact) mass is 193 g/mol. The summed E-state index contributed by atoms with van der Waals surface area (Å²) in [5.74, 6) is 0. The van der Waals surface area contributed by atoms with E-state index >= 15 is 0 Å². The molecule has 1 unspecified atom stereocenters. The van der Waals surface area contributed by atoms with Gasteiger partial charge in [0.25, 0.3) is 0 Å². The van der Waals surface area contributed by atoms with Gasteiger partial charge in [0.1, 0.15) is 0 Å². The molecule has 1 aromatic rings. The molecule has 0 fully saturated rings. The lowest BCUT2D eigenvalue weighted by molar-refractivity contribution is 0.634. The van der Waals surface area contributed by atoms with Crippen LogP contribution in [0.4, 0.5) is 5.69 Å². The van der Waals surface area contributed by atoms with E-state index in [0.29, 0.717) is 6.04 Å². The van der Waals surface area contributed by atoms with Crippen LogP contribution in [-0.4, -0.2) is 24.6 Å². The first-order chi connectivity index (χ1) is 6.66. The van der Waals surface area contributed by atoms with Gasteiger partial charge in [-0.1, -0.05) is 0 Å². The Labute approximate surface area is 85.9 Å². The third kappa shape index (κ3) is 2.45. The normalized spacial score (nSPS) is 12.6. The van der Waals surface area contributed by atoms with Gasteiger partial charge >= 0.3 is 0 Å². The molecule has 1 rings (SSSR count). The van der Waals surface area contributed by atoms with Crippen LogP contribution in [0.1, 0.15) is 18.9 Å². The van der Waals surface area contributed by atoms with Gasteiger partial charge in [0, 0.05) is 31.2 Å². The van der Waals surface area contributed by atoms with E-state index in [1.165, 1.54) is 11.3 Å². The molecule has 0 aliphatic rings. The van der Waals surface area contributed by atoms with Gasteiger partial charge in [0.15, 0.2) is 0 Å². The predicted molar refractivity (Wildman–Crippen MR) is 60.5 cm³/mol. The highest BCUT2D eigenvalue weighted by molar-refractivity contribution is 5.51. The molecule has 0 radical (unpaired) electrons. The van der Waals surface area contributed by atoms with E-state index in [2.05, 4.69) is 30.8 Å². The van der Waals surface area contributed by atoms with Crippen molar-refractivity contribution in [3.63, 3.8) is 0 Å². The van der Waals surface area contributed by atoms with Crippen molar-refractivity contribution in [1.29, 1.82) is 0 Å². The van der Waals surface area contributed by atoms with Crippen molar-refractivity contribution >= 4 is 5.69 Å².